The zero-order valence-corrected chi connectivity index (χ0v) is 12.3. The fourth-order valence-electron chi connectivity index (χ4n) is 2.88. The lowest BCUT2D eigenvalue weighted by Gasteiger charge is -2.17. The van der Waals surface area contributed by atoms with Crippen molar-refractivity contribution in [1.82, 2.24) is 4.98 Å². The van der Waals surface area contributed by atoms with Crippen LogP contribution in [0.1, 0.15) is 17.2 Å². The van der Waals surface area contributed by atoms with Crippen molar-refractivity contribution in [1.29, 1.82) is 0 Å². The molecule has 1 aliphatic heterocycles. The van der Waals surface area contributed by atoms with E-state index in [4.69, 9.17) is 0 Å². The van der Waals surface area contributed by atoms with Crippen LogP contribution < -0.4 is 0 Å². The first-order chi connectivity index (χ1) is 10.3. The van der Waals surface area contributed by atoms with Crippen molar-refractivity contribution in [3.8, 4) is 0 Å². The van der Waals surface area contributed by atoms with Crippen LogP contribution in [0.2, 0.25) is 0 Å². The molecule has 104 valence electrons. The predicted molar refractivity (Wildman–Crippen MR) is 86.5 cm³/mol. The van der Waals surface area contributed by atoms with Crippen molar-refractivity contribution in [2.24, 2.45) is 0 Å². The molecule has 0 amide bonds. The molecular formula is C18H15NOS. The minimum atomic E-state index is -0.452. The minimum Gasteiger partial charge on any atom is -0.387 e. The Bertz CT molecular complexity index is 777. The molecule has 0 spiro atoms. The Morgan fingerprint density at radius 1 is 1.10 bits per heavy atom. The normalized spacial score (nSPS) is 18.6. The van der Waals surface area contributed by atoms with Gasteiger partial charge in [0.05, 0.1) is 11.6 Å². The summed E-state index contributed by atoms with van der Waals surface area (Å²) in [5.74, 6) is 0. The largest absolute Gasteiger partial charge is 0.387 e. The summed E-state index contributed by atoms with van der Waals surface area (Å²) in [5, 5.41) is 12.0. The Balaban J connectivity index is 1.64. The first-order valence-electron chi connectivity index (χ1n) is 7.08. The lowest BCUT2D eigenvalue weighted by atomic mass is 10.00. The third-order valence-corrected chi connectivity index (χ3v) is 5.37. The highest BCUT2D eigenvalue weighted by Gasteiger charge is 2.29. The number of hydrogen-bond acceptors (Lipinski definition) is 3. The molecule has 3 heteroatoms. The van der Waals surface area contributed by atoms with Crippen LogP contribution in [-0.2, 0) is 6.42 Å². The van der Waals surface area contributed by atoms with Crippen molar-refractivity contribution in [2.45, 2.75) is 22.7 Å². The minimum absolute atomic E-state index is 0.191. The molecule has 0 fully saturated rings. The maximum Gasteiger partial charge on any atom is 0.0915 e. The van der Waals surface area contributed by atoms with Gasteiger partial charge in [-0.2, -0.15) is 0 Å². The van der Waals surface area contributed by atoms with Crippen LogP contribution in [0.15, 0.2) is 65.7 Å². The van der Waals surface area contributed by atoms with Gasteiger partial charge >= 0.3 is 0 Å². The van der Waals surface area contributed by atoms with E-state index in [0.717, 1.165) is 22.9 Å². The SMILES string of the molecule is OC(c1ccc2ncccc2c1)C1Cc2ccccc2S1. The monoisotopic (exact) mass is 293 g/mol. The van der Waals surface area contributed by atoms with E-state index in [-0.39, 0.29) is 5.25 Å². The Kier molecular flexibility index (Phi) is 3.17. The first kappa shape index (κ1) is 12.9. The average molecular weight is 293 g/mol. The Morgan fingerprint density at radius 2 is 2.00 bits per heavy atom. The summed E-state index contributed by atoms with van der Waals surface area (Å²) in [5.41, 5.74) is 3.28. The van der Waals surface area contributed by atoms with Gasteiger partial charge in [-0.3, -0.25) is 4.98 Å². The van der Waals surface area contributed by atoms with Gasteiger partial charge in [0.2, 0.25) is 0 Å². The number of rotatable bonds is 2. The van der Waals surface area contributed by atoms with E-state index >= 15 is 0 Å². The second-order valence-electron chi connectivity index (χ2n) is 5.37. The van der Waals surface area contributed by atoms with Gasteiger partial charge in [-0.1, -0.05) is 30.3 Å². The summed E-state index contributed by atoms with van der Waals surface area (Å²) in [7, 11) is 0. The third-order valence-electron chi connectivity index (χ3n) is 3.99. The van der Waals surface area contributed by atoms with Gasteiger partial charge < -0.3 is 5.11 Å². The lowest BCUT2D eigenvalue weighted by molar-refractivity contribution is 0.175. The summed E-state index contributed by atoms with van der Waals surface area (Å²) in [6.45, 7) is 0. The predicted octanol–water partition coefficient (Wildman–Crippen LogP) is 3.99. The number of nitrogens with zero attached hydrogens (tertiary/aromatic N) is 1. The van der Waals surface area contributed by atoms with Crippen LogP contribution in [0.4, 0.5) is 0 Å². The van der Waals surface area contributed by atoms with Crippen LogP contribution in [0.25, 0.3) is 10.9 Å². The molecule has 3 aromatic rings. The number of aliphatic hydroxyl groups is 1. The summed E-state index contributed by atoms with van der Waals surface area (Å²) < 4.78 is 0. The number of pyridine rings is 1. The standard InChI is InChI=1S/C18H15NOS/c20-18(17-11-13-4-1-2-6-16(13)21-17)14-7-8-15-12(10-14)5-3-9-19-15/h1-10,17-18,20H,11H2. The van der Waals surface area contributed by atoms with Gasteiger partial charge in [0, 0.05) is 21.7 Å². The Labute approximate surface area is 127 Å². The van der Waals surface area contributed by atoms with E-state index in [9.17, 15) is 5.11 Å². The van der Waals surface area contributed by atoms with Crippen LogP contribution in [0.5, 0.6) is 0 Å². The van der Waals surface area contributed by atoms with Gasteiger partial charge in [-0.25, -0.2) is 0 Å². The van der Waals surface area contributed by atoms with Crippen molar-refractivity contribution in [2.75, 3.05) is 0 Å². The van der Waals surface area contributed by atoms with E-state index in [1.54, 1.807) is 18.0 Å². The molecular weight excluding hydrogens is 278 g/mol. The zero-order chi connectivity index (χ0) is 14.2. The highest BCUT2D eigenvalue weighted by molar-refractivity contribution is 8.00. The third kappa shape index (κ3) is 2.33. The average Bonchev–Trinajstić information content (AvgIpc) is 2.97. The highest BCUT2D eigenvalue weighted by atomic mass is 32.2. The van der Waals surface area contributed by atoms with E-state index < -0.39 is 6.10 Å². The molecule has 4 rings (SSSR count). The topological polar surface area (TPSA) is 33.1 Å². The molecule has 0 saturated heterocycles. The summed E-state index contributed by atoms with van der Waals surface area (Å²) in [4.78, 5) is 5.62. The first-order valence-corrected chi connectivity index (χ1v) is 7.96. The van der Waals surface area contributed by atoms with Crippen LogP contribution in [0.3, 0.4) is 0 Å². The molecule has 2 nitrogen and oxygen atoms in total. The van der Waals surface area contributed by atoms with Gasteiger partial charge in [-0.05, 0) is 41.8 Å². The van der Waals surface area contributed by atoms with Crippen molar-refractivity contribution < 1.29 is 5.11 Å². The number of aliphatic hydroxyl groups excluding tert-OH is 1. The Hall–Kier alpha value is -1.84. The molecule has 0 radical (unpaired) electrons. The molecule has 0 bridgehead atoms. The quantitative estimate of drug-likeness (QED) is 0.775. The number of benzene rings is 2. The lowest BCUT2D eigenvalue weighted by Crippen LogP contribution is -2.14. The van der Waals surface area contributed by atoms with Gasteiger partial charge in [0.15, 0.2) is 0 Å². The van der Waals surface area contributed by atoms with E-state index in [0.29, 0.717) is 0 Å². The van der Waals surface area contributed by atoms with E-state index in [2.05, 4.69) is 35.3 Å². The van der Waals surface area contributed by atoms with Crippen LogP contribution in [0, 0.1) is 0 Å². The second-order valence-corrected chi connectivity index (χ2v) is 6.65. The molecule has 1 aromatic heterocycles. The number of hydrogen-bond donors (Lipinski definition) is 1. The van der Waals surface area contributed by atoms with Gasteiger partial charge in [-0.15, -0.1) is 11.8 Å². The van der Waals surface area contributed by atoms with Crippen LogP contribution in [-0.4, -0.2) is 15.3 Å². The van der Waals surface area contributed by atoms with Crippen molar-refractivity contribution in [3.05, 3.63) is 71.9 Å². The molecule has 21 heavy (non-hydrogen) atoms. The molecule has 0 saturated carbocycles. The van der Waals surface area contributed by atoms with Gasteiger partial charge in [0.1, 0.15) is 0 Å². The zero-order valence-electron chi connectivity index (χ0n) is 11.4. The van der Waals surface area contributed by atoms with E-state index in [1.165, 1.54) is 10.5 Å². The van der Waals surface area contributed by atoms with Gasteiger partial charge in [0.25, 0.3) is 0 Å². The molecule has 2 unspecified atom stereocenters. The second kappa shape index (κ2) is 5.17. The molecule has 2 heterocycles. The number of fused-ring (bicyclic) bond motifs is 2. The summed E-state index contributed by atoms with van der Waals surface area (Å²) >= 11 is 1.78. The number of thioether (sulfide) groups is 1. The van der Waals surface area contributed by atoms with Crippen LogP contribution >= 0.6 is 11.8 Å². The molecule has 0 aliphatic carbocycles. The van der Waals surface area contributed by atoms with Crippen molar-refractivity contribution in [3.63, 3.8) is 0 Å². The Morgan fingerprint density at radius 3 is 2.90 bits per heavy atom. The maximum absolute atomic E-state index is 10.7. The highest BCUT2D eigenvalue weighted by Crippen LogP contribution is 2.42. The van der Waals surface area contributed by atoms with E-state index in [1.807, 2.05) is 24.3 Å². The molecule has 2 atom stereocenters. The fourth-order valence-corrected chi connectivity index (χ4v) is 4.21. The summed E-state index contributed by atoms with van der Waals surface area (Å²) in [6, 6.07) is 18.4. The molecule has 2 aromatic carbocycles. The molecule has 1 N–H and O–H groups in total. The maximum atomic E-state index is 10.7. The van der Waals surface area contributed by atoms with Crippen molar-refractivity contribution >= 4 is 22.7 Å². The fraction of sp³-hybridized carbons (Fsp3) is 0.167. The number of aromatic nitrogens is 1. The smallest absolute Gasteiger partial charge is 0.0915 e. The summed E-state index contributed by atoms with van der Waals surface area (Å²) in [6.07, 6.45) is 2.27. The molecule has 1 aliphatic rings.